The van der Waals surface area contributed by atoms with Gasteiger partial charge in [0.2, 0.25) is 0 Å². The van der Waals surface area contributed by atoms with E-state index in [0.29, 0.717) is 33.3 Å². The van der Waals surface area contributed by atoms with Crippen molar-refractivity contribution in [2.75, 3.05) is 0 Å². The molecule has 149 valence electrons. The van der Waals surface area contributed by atoms with Crippen LogP contribution >= 0.6 is 23.2 Å². The van der Waals surface area contributed by atoms with Crippen LogP contribution in [0, 0.1) is 0 Å². The number of hydrogen-bond acceptors (Lipinski definition) is 4. The average molecular weight is 454 g/mol. The number of halogens is 2. The third-order valence-electron chi connectivity index (χ3n) is 3.09. The second-order valence-corrected chi connectivity index (χ2v) is 7.17. The van der Waals surface area contributed by atoms with E-state index in [4.69, 9.17) is 23.2 Å². The number of hydrogen-bond donors (Lipinski definition) is 2. The third kappa shape index (κ3) is 10.4. The van der Waals surface area contributed by atoms with Gasteiger partial charge in [0.15, 0.2) is 11.6 Å². The zero-order valence-electron chi connectivity index (χ0n) is 15.7. The Morgan fingerprint density at radius 3 is 1.37 bits per heavy atom. The van der Waals surface area contributed by atoms with Crippen molar-refractivity contribution < 1.29 is 26.4 Å². The van der Waals surface area contributed by atoms with E-state index in [1.165, 1.54) is 12.2 Å². The molecule has 0 saturated carbocycles. The predicted octanol–water partition coefficient (Wildman–Crippen LogP) is 4.26. The summed E-state index contributed by atoms with van der Waals surface area (Å²) in [5.41, 5.74) is 1.20. The summed E-state index contributed by atoms with van der Waals surface area (Å²) in [6.45, 7) is 8.02. The Bertz CT molecular complexity index is 668. The molecule has 7 heteroatoms. The van der Waals surface area contributed by atoms with Gasteiger partial charge in [0.1, 0.15) is 0 Å². The van der Waals surface area contributed by atoms with Crippen molar-refractivity contribution in [3.8, 4) is 0 Å². The van der Waals surface area contributed by atoms with Crippen LogP contribution in [0.1, 0.15) is 27.7 Å². The molecule has 0 amide bonds. The van der Waals surface area contributed by atoms with Crippen molar-refractivity contribution >= 4 is 34.8 Å². The molecule has 0 saturated heterocycles. The van der Waals surface area contributed by atoms with Crippen LogP contribution in [-0.2, 0) is 26.4 Å². The Morgan fingerprint density at radius 2 is 1.07 bits per heavy atom. The maximum atomic E-state index is 11.3. The van der Waals surface area contributed by atoms with Crippen LogP contribution in [0.5, 0.6) is 0 Å². The van der Waals surface area contributed by atoms with Crippen LogP contribution in [-0.4, -0.2) is 23.7 Å². The normalized spacial score (nSPS) is 18.8. The van der Waals surface area contributed by atoms with Gasteiger partial charge in [0.25, 0.3) is 0 Å². The fourth-order valence-electron chi connectivity index (χ4n) is 1.78. The summed E-state index contributed by atoms with van der Waals surface area (Å²) in [5.74, 6) is -0.0323. The SMILES string of the molecule is CC(C)N/C=C1/C=C(Cl)C=CC1=O.CC(C)N/C=C1/C=C(Cl)C=CC1=O.[Co]. The Balaban J connectivity index is 0.000000483. The van der Waals surface area contributed by atoms with Crippen molar-refractivity contribution in [2.45, 2.75) is 39.8 Å². The minimum Gasteiger partial charge on any atom is -0.388 e. The quantitative estimate of drug-likeness (QED) is 0.624. The van der Waals surface area contributed by atoms with E-state index in [1.54, 1.807) is 36.7 Å². The molecule has 0 aliphatic heterocycles. The zero-order chi connectivity index (χ0) is 19.7. The molecular weight excluding hydrogens is 430 g/mol. The molecule has 0 bridgehead atoms. The van der Waals surface area contributed by atoms with Crippen molar-refractivity contribution in [1.82, 2.24) is 10.6 Å². The van der Waals surface area contributed by atoms with Gasteiger partial charge in [-0.25, -0.2) is 0 Å². The minimum atomic E-state index is -0.0162. The fourth-order valence-corrected chi connectivity index (χ4v) is 2.14. The summed E-state index contributed by atoms with van der Waals surface area (Å²) in [4.78, 5) is 22.5. The van der Waals surface area contributed by atoms with Gasteiger partial charge < -0.3 is 10.6 Å². The van der Waals surface area contributed by atoms with Crippen LogP contribution in [0.3, 0.4) is 0 Å². The van der Waals surface area contributed by atoms with Gasteiger partial charge in [-0.1, -0.05) is 23.2 Å². The summed E-state index contributed by atoms with van der Waals surface area (Å²) in [7, 11) is 0. The van der Waals surface area contributed by atoms with E-state index in [1.807, 2.05) is 27.7 Å². The Labute approximate surface area is 181 Å². The van der Waals surface area contributed by atoms with E-state index in [0.717, 1.165) is 0 Å². The molecule has 0 aromatic heterocycles. The van der Waals surface area contributed by atoms with Crippen LogP contribution in [0.25, 0.3) is 0 Å². The Kier molecular flexibility index (Phi) is 12.1. The fraction of sp³-hybridized carbons (Fsp3) is 0.300. The number of allylic oxidation sites excluding steroid dienone is 10. The van der Waals surface area contributed by atoms with Crippen LogP contribution < -0.4 is 10.6 Å². The third-order valence-corrected chi connectivity index (χ3v) is 3.56. The van der Waals surface area contributed by atoms with Crippen LogP contribution in [0.2, 0.25) is 0 Å². The summed E-state index contributed by atoms with van der Waals surface area (Å²) < 4.78 is 0. The molecule has 4 nitrogen and oxygen atoms in total. The second-order valence-electron chi connectivity index (χ2n) is 6.30. The molecule has 2 aliphatic rings. The first-order valence-electron chi connectivity index (χ1n) is 8.30. The van der Waals surface area contributed by atoms with Gasteiger partial charge >= 0.3 is 0 Å². The molecule has 2 aliphatic carbocycles. The molecular formula is C20H24Cl2CoN2O2. The van der Waals surface area contributed by atoms with E-state index in [2.05, 4.69) is 10.6 Å². The zero-order valence-corrected chi connectivity index (χ0v) is 18.2. The van der Waals surface area contributed by atoms with Gasteiger partial charge in [0, 0.05) is 62.5 Å². The molecule has 0 unspecified atom stereocenters. The molecule has 2 rings (SSSR count). The summed E-state index contributed by atoms with van der Waals surface area (Å²) in [6, 6.07) is 0.636. The molecule has 1 radical (unpaired) electrons. The summed E-state index contributed by atoms with van der Waals surface area (Å²) in [5, 5.41) is 7.25. The topological polar surface area (TPSA) is 58.2 Å². The van der Waals surface area contributed by atoms with Crippen molar-refractivity contribution in [1.29, 1.82) is 0 Å². The molecule has 0 heterocycles. The van der Waals surface area contributed by atoms with E-state index in [9.17, 15) is 9.59 Å². The van der Waals surface area contributed by atoms with Gasteiger partial charge in [-0.3, -0.25) is 9.59 Å². The molecule has 0 atom stereocenters. The molecule has 2 N–H and O–H groups in total. The summed E-state index contributed by atoms with van der Waals surface area (Å²) >= 11 is 11.5. The van der Waals surface area contributed by atoms with Crippen molar-refractivity contribution in [3.05, 3.63) is 70.1 Å². The van der Waals surface area contributed by atoms with Gasteiger partial charge in [-0.15, -0.1) is 0 Å². The first kappa shape index (κ1) is 25.5. The Morgan fingerprint density at radius 1 is 0.741 bits per heavy atom. The van der Waals surface area contributed by atoms with Crippen LogP contribution in [0.15, 0.2) is 70.1 Å². The summed E-state index contributed by atoms with van der Waals surface area (Å²) in [6.07, 6.45) is 12.8. The first-order valence-corrected chi connectivity index (χ1v) is 9.06. The van der Waals surface area contributed by atoms with E-state index in [-0.39, 0.29) is 28.3 Å². The van der Waals surface area contributed by atoms with Crippen molar-refractivity contribution in [3.63, 3.8) is 0 Å². The van der Waals surface area contributed by atoms with Gasteiger partial charge in [0.05, 0.1) is 0 Å². The van der Waals surface area contributed by atoms with Gasteiger partial charge in [-0.05, 0) is 64.2 Å². The maximum absolute atomic E-state index is 11.3. The minimum absolute atomic E-state index is 0. The first-order chi connectivity index (χ1) is 12.2. The molecule has 27 heavy (non-hydrogen) atoms. The number of nitrogens with one attached hydrogen (secondary N) is 2. The average Bonchev–Trinajstić information content (AvgIpc) is 2.57. The largest absolute Gasteiger partial charge is 0.388 e. The predicted molar refractivity (Wildman–Crippen MR) is 109 cm³/mol. The smallest absolute Gasteiger partial charge is 0.187 e. The van der Waals surface area contributed by atoms with Gasteiger partial charge in [-0.2, -0.15) is 0 Å². The molecule has 0 spiro atoms. The van der Waals surface area contributed by atoms with Crippen molar-refractivity contribution in [2.24, 2.45) is 0 Å². The molecule has 0 aromatic carbocycles. The Hall–Kier alpha value is -1.53. The van der Waals surface area contributed by atoms with Crippen LogP contribution in [0.4, 0.5) is 0 Å². The number of carbonyl (C=O) groups excluding carboxylic acids is 2. The number of rotatable bonds is 4. The van der Waals surface area contributed by atoms with E-state index < -0.39 is 0 Å². The molecule has 0 fully saturated rings. The molecule has 0 aromatic rings. The standard InChI is InChI=1S/2C10H12ClNO.Co/c2*1-7(2)12-6-8-5-9(11)3-4-10(8)13;/h2*3-7,12H,1-2H3;/b2*8-6-;. The monoisotopic (exact) mass is 453 g/mol. The maximum Gasteiger partial charge on any atom is 0.187 e. The number of ketones is 2. The second kappa shape index (κ2) is 12.8. The van der Waals surface area contributed by atoms with E-state index >= 15 is 0 Å². The number of carbonyl (C=O) groups is 2.